The molecule has 1 fully saturated rings. The third-order valence-electron chi connectivity index (χ3n) is 5.63. The molecule has 2 aromatic rings. The monoisotopic (exact) mass is 372 g/mol. The number of nitrogens with one attached hydrogen (secondary N) is 1. The van der Waals surface area contributed by atoms with E-state index >= 15 is 0 Å². The number of fused-ring (bicyclic) bond motifs is 1. The molecule has 1 aromatic heterocycles. The van der Waals surface area contributed by atoms with Gasteiger partial charge in [0, 0.05) is 37.3 Å². The Balaban J connectivity index is 1.48. The molecule has 1 unspecified atom stereocenters. The molecule has 0 bridgehead atoms. The molecule has 1 saturated heterocycles. The van der Waals surface area contributed by atoms with E-state index in [1.54, 1.807) is 0 Å². The molecule has 2 aliphatic rings. The van der Waals surface area contributed by atoms with Crippen molar-refractivity contribution in [3.8, 4) is 0 Å². The van der Waals surface area contributed by atoms with Crippen molar-refractivity contribution in [3.63, 3.8) is 0 Å². The standard InChI is InChI=1S/C20H29N5S/c1-22(15-17-9-4-5-10-18(17)23-12-7-8-13-23)16-25-20(26)24-14-6-2-3-11-19(24)21-25/h4-5,9-10H,2-3,6-8,11-16H2,1H3/p+1. The van der Waals surface area contributed by atoms with Crippen molar-refractivity contribution in [2.24, 2.45) is 0 Å². The van der Waals surface area contributed by atoms with E-state index < -0.39 is 0 Å². The third-order valence-corrected chi connectivity index (χ3v) is 6.06. The average Bonchev–Trinajstić information content (AvgIpc) is 3.19. The number of para-hydroxylation sites is 1. The number of quaternary nitrogens is 1. The maximum atomic E-state index is 5.71. The largest absolute Gasteiger partial charge is 0.371 e. The SMILES string of the molecule is C[NH+](Cc1ccccc1N1CCCC1)Cn1nc2n(c1=S)CCCCC2. The number of hydrogen-bond acceptors (Lipinski definition) is 3. The topological polar surface area (TPSA) is 30.4 Å². The van der Waals surface area contributed by atoms with Gasteiger partial charge >= 0.3 is 0 Å². The minimum absolute atomic E-state index is 0.827. The van der Waals surface area contributed by atoms with Gasteiger partial charge < -0.3 is 14.4 Å². The fraction of sp³-hybridized carbons (Fsp3) is 0.600. The minimum Gasteiger partial charge on any atom is -0.371 e. The lowest BCUT2D eigenvalue weighted by atomic mass is 10.1. The van der Waals surface area contributed by atoms with Crippen LogP contribution in [-0.4, -0.2) is 34.5 Å². The minimum atomic E-state index is 0.827. The van der Waals surface area contributed by atoms with Gasteiger partial charge in [0.1, 0.15) is 12.4 Å². The highest BCUT2D eigenvalue weighted by Gasteiger charge is 2.19. The number of rotatable bonds is 5. The Hall–Kier alpha value is -1.66. The molecule has 3 heterocycles. The fourth-order valence-corrected chi connectivity index (χ4v) is 4.59. The van der Waals surface area contributed by atoms with Crippen molar-refractivity contribution in [2.75, 3.05) is 25.0 Å². The van der Waals surface area contributed by atoms with Gasteiger partial charge in [-0.25, -0.2) is 0 Å². The van der Waals surface area contributed by atoms with E-state index in [1.807, 2.05) is 4.68 Å². The van der Waals surface area contributed by atoms with Crippen LogP contribution in [0.2, 0.25) is 0 Å². The first-order valence-corrected chi connectivity index (χ1v) is 10.4. The Morgan fingerprint density at radius 3 is 2.65 bits per heavy atom. The second-order valence-corrected chi connectivity index (χ2v) is 8.14. The lowest BCUT2D eigenvalue weighted by Crippen LogP contribution is -3.07. The second kappa shape index (κ2) is 7.92. The van der Waals surface area contributed by atoms with Crippen molar-refractivity contribution >= 4 is 17.9 Å². The number of nitrogens with zero attached hydrogens (tertiary/aromatic N) is 4. The molecule has 1 N–H and O–H groups in total. The molecule has 2 aliphatic heterocycles. The molecule has 0 radical (unpaired) electrons. The summed E-state index contributed by atoms with van der Waals surface area (Å²) < 4.78 is 5.20. The summed E-state index contributed by atoms with van der Waals surface area (Å²) in [5, 5.41) is 4.84. The zero-order chi connectivity index (χ0) is 17.9. The van der Waals surface area contributed by atoms with Crippen molar-refractivity contribution in [2.45, 2.75) is 58.3 Å². The zero-order valence-electron chi connectivity index (χ0n) is 15.8. The smallest absolute Gasteiger partial charge is 0.202 e. The molecular formula is C20H30N5S+. The third kappa shape index (κ3) is 3.71. The van der Waals surface area contributed by atoms with Crippen LogP contribution in [-0.2, 0) is 26.2 Å². The molecule has 1 aromatic carbocycles. The normalized spacial score (nSPS) is 18.6. The van der Waals surface area contributed by atoms with Crippen LogP contribution in [0.5, 0.6) is 0 Å². The van der Waals surface area contributed by atoms with Gasteiger partial charge in [-0.2, -0.15) is 9.78 Å². The molecule has 140 valence electrons. The molecule has 0 saturated carbocycles. The number of aryl methyl sites for hydroxylation is 1. The molecule has 1 atom stereocenters. The Kier molecular flexibility index (Phi) is 5.41. The highest BCUT2D eigenvalue weighted by molar-refractivity contribution is 7.71. The summed E-state index contributed by atoms with van der Waals surface area (Å²) >= 11 is 5.71. The molecule has 6 heteroatoms. The van der Waals surface area contributed by atoms with E-state index in [9.17, 15) is 0 Å². The van der Waals surface area contributed by atoms with Crippen LogP contribution in [0.3, 0.4) is 0 Å². The molecule has 0 aliphatic carbocycles. The molecule has 0 amide bonds. The van der Waals surface area contributed by atoms with Crippen molar-refractivity contribution in [3.05, 3.63) is 40.4 Å². The van der Waals surface area contributed by atoms with Crippen LogP contribution in [0.1, 0.15) is 43.5 Å². The quantitative estimate of drug-likeness (QED) is 0.818. The Morgan fingerprint density at radius 1 is 1.04 bits per heavy atom. The van der Waals surface area contributed by atoms with Gasteiger partial charge in [-0.15, -0.1) is 0 Å². The van der Waals surface area contributed by atoms with Gasteiger partial charge in [0.15, 0.2) is 6.67 Å². The van der Waals surface area contributed by atoms with E-state index in [-0.39, 0.29) is 0 Å². The molecule has 5 nitrogen and oxygen atoms in total. The summed E-state index contributed by atoms with van der Waals surface area (Å²) in [6.45, 7) is 5.23. The second-order valence-electron chi connectivity index (χ2n) is 7.78. The maximum absolute atomic E-state index is 5.71. The highest BCUT2D eigenvalue weighted by atomic mass is 32.1. The van der Waals surface area contributed by atoms with Crippen molar-refractivity contribution < 1.29 is 4.90 Å². The summed E-state index contributed by atoms with van der Waals surface area (Å²) in [6, 6.07) is 8.87. The summed E-state index contributed by atoms with van der Waals surface area (Å²) in [5.74, 6) is 1.18. The fourth-order valence-electron chi connectivity index (χ4n) is 4.29. The van der Waals surface area contributed by atoms with Crippen LogP contribution in [0.15, 0.2) is 24.3 Å². The first kappa shape index (κ1) is 17.7. The maximum Gasteiger partial charge on any atom is 0.202 e. The van der Waals surface area contributed by atoms with Crippen LogP contribution in [0.25, 0.3) is 0 Å². The summed E-state index contributed by atoms with van der Waals surface area (Å²) in [4.78, 5) is 3.95. The van der Waals surface area contributed by atoms with Gasteiger partial charge in [-0.1, -0.05) is 24.6 Å². The Morgan fingerprint density at radius 2 is 1.81 bits per heavy atom. The molecule has 26 heavy (non-hydrogen) atoms. The van der Waals surface area contributed by atoms with Gasteiger partial charge in [-0.3, -0.25) is 0 Å². The molecule has 0 spiro atoms. The highest BCUT2D eigenvalue weighted by Crippen LogP contribution is 2.23. The van der Waals surface area contributed by atoms with E-state index in [4.69, 9.17) is 17.3 Å². The number of anilines is 1. The van der Waals surface area contributed by atoms with Crippen LogP contribution in [0, 0.1) is 4.77 Å². The first-order valence-electron chi connectivity index (χ1n) is 10.0. The van der Waals surface area contributed by atoms with Gasteiger partial charge in [0.2, 0.25) is 4.77 Å². The summed E-state index contributed by atoms with van der Waals surface area (Å²) in [6.07, 6.45) is 7.43. The Labute approximate surface area is 161 Å². The van der Waals surface area contributed by atoms with E-state index in [1.165, 1.54) is 67.2 Å². The van der Waals surface area contributed by atoms with Crippen LogP contribution >= 0.6 is 12.2 Å². The summed E-state index contributed by atoms with van der Waals surface area (Å²) in [5.41, 5.74) is 2.84. The van der Waals surface area contributed by atoms with Crippen LogP contribution < -0.4 is 9.80 Å². The first-order chi connectivity index (χ1) is 12.7. The Bertz CT molecular complexity index is 803. The molecule has 4 rings (SSSR count). The van der Waals surface area contributed by atoms with Gasteiger partial charge in [0.05, 0.1) is 7.05 Å². The van der Waals surface area contributed by atoms with E-state index in [2.05, 4.69) is 40.8 Å². The lowest BCUT2D eigenvalue weighted by molar-refractivity contribution is -0.917. The number of benzene rings is 1. The van der Waals surface area contributed by atoms with Crippen molar-refractivity contribution in [1.29, 1.82) is 0 Å². The number of aromatic nitrogens is 3. The lowest BCUT2D eigenvalue weighted by Gasteiger charge is -2.23. The van der Waals surface area contributed by atoms with E-state index in [0.717, 1.165) is 31.0 Å². The predicted octanol–water partition coefficient (Wildman–Crippen LogP) is 2.41. The zero-order valence-corrected chi connectivity index (χ0v) is 16.6. The van der Waals surface area contributed by atoms with Gasteiger partial charge in [-0.05, 0) is 44.0 Å². The summed E-state index contributed by atoms with van der Waals surface area (Å²) in [7, 11) is 2.24. The molecular weight excluding hydrogens is 342 g/mol. The van der Waals surface area contributed by atoms with Crippen molar-refractivity contribution in [1.82, 2.24) is 14.3 Å². The average molecular weight is 373 g/mol. The van der Waals surface area contributed by atoms with E-state index in [0.29, 0.717) is 0 Å². The predicted molar refractivity (Wildman–Crippen MR) is 107 cm³/mol. The van der Waals surface area contributed by atoms with Gasteiger partial charge in [0.25, 0.3) is 0 Å². The number of hydrogen-bond donors (Lipinski definition) is 1. The van der Waals surface area contributed by atoms with Crippen LogP contribution in [0.4, 0.5) is 5.69 Å².